The van der Waals surface area contributed by atoms with Crippen LogP contribution in [0.15, 0.2) is 53.5 Å². The van der Waals surface area contributed by atoms with Gasteiger partial charge in [-0.05, 0) is 29.8 Å². The number of carbonyl (C=O) groups excluding carboxylic acids is 1. The quantitative estimate of drug-likeness (QED) is 0.698. The van der Waals surface area contributed by atoms with Crippen LogP contribution in [0.2, 0.25) is 0 Å². The van der Waals surface area contributed by atoms with Gasteiger partial charge in [0, 0.05) is 17.0 Å². The Hall–Kier alpha value is -2.52. The van der Waals surface area contributed by atoms with E-state index in [9.17, 15) is 13.2 Å². The van der Waals surface area contributed by atoms with E-state index in [0.717, 1.165) is 17.0 Å². The van der Waals surface area contributed by atoms with Gasteiger partial charge in [-0.3, -0.25) is 4.79 Å². The molecule has 30 heavy (non-hydrogen) atoms. The molecule has 2 atom stereocenters. The molecule has 0 radical (unpaired) electrons. The van der Waals surface area contributed by atoms with Gasteiger partial charge in [-0.1, -0.05) is 30.0 Å². The molecule has 0 spiro atoms. The fourth-order valence-electron chi connectivity index (χ4n) is 3.69. The van der Waals surface area contributed by atoms with E-state index in [4.69, 9.17) is 9.47 Å². The number of rotatable bonds is 5. The van der Waals surface area contributed by atoms with E-state index in [1.807, 2.05) is 41.3 Å². The maximum Gasteiger partial charge on any atom is 0.252 e. The van der Waals surface area contributed by atoms with Crippen molar-refractivity contribution in [2.45, 2.75) is 17.7 Å². The predicted molar refractivity (Wildman–Crippen MR) is 118 cm³/mol. The zero-order valence-corrected chi connectivity index (χ0v) is 18.3. The summed E-state index contributed by atoms with van der Waals surface area (Å²) in [5.41, 5.74) is 1.60. The molecule has 2 fully saturated rings. The number of nitrogens with zero attached hydrogens (tertiary/aromatic N) is 2. The zero-order valence-electron chi connectivity index (χ0n) is 16.6. The number of benzene rings is 2. The lowest BCUT2D eigenvalue weighted by Gasteiger charge is -2.24. The van der Waals surface area contributed by atoms with Gasteiger partial charge in [-0.2, -0.15) is 4.99 Å². The number of thioether (sulfide) groups is 1. The van der Waals surface area contributed by atoms with Crippen LogP contribution >= 0.6 is 11.8 Å². The highest BCUT2D eigenvalue weighted by Gasteiger charge is 2.49. The van der Waals surface area contributed by atoms with Gasteiger partial charge in [0.1, 0.15) is 11.5 Å². The van der Waals surface area contributed by atoms with Crippen molar-refractivity contribution in [3.05, 3.63) is 54.1 Å². The van der Waals surface area contributed by atoms with E-state index >= 15 is 0 Å². The Labute approximate surface area is 180 Å². The number of methoxy groups -OCH3 is 2. The molecule has 0 N–H and O–H groups in total. The van der Waals surface area contributed by atoms with Crippen molar-refractivity contribution >= 4 is 38.4 Å². The van der Waals surface area contributed by atoms with Crippen LogP contribution in [0.5, 0.6) is 11.5 Å². The number of hydrogen-bond donors (Lipinski definition) is 0. The number of fused-ring (bicyclic) bond motifs is 1. The molecule has 0 saturated carbocycles. The lowest BCUT2D eigenvalue weighted by molar-refractivity contribution is -0.117. The van der Waals surface area contributed by atoms with Crippen molar-refractivity contribution in [1.82, 2.24) is 0 Å². The van der Waals surface area contributed by atoms with Crippen molar-refractivity contribution in [2.24, 2.45) is 4.99 Å². The maximum absolute atomic E-state index is 12.7. The first kappa shape index (κ1) is 20.7. The summed E-state index contributed by atoms with van der Waals surface area (Å²) in [6, 6.07) is 14.4. The number of amidine groups is 1. The number of carbonyl (C=O) groups is 1. The Balaban J connectivity index is 1.62. The molecule has 1 amide bonds. The largest absolute Gasteiger partial charge is 0.497 e. The Bertz CT molecular complexity index is 1080. The van der Waals surface area contributed by atoms with Crippen LogP contribution in [0.4, 0.5) is 5.69 Å². The van der Waals surface area contributed by atoms with E-state index in [0.29, 0.717) is 10.9 Å². The smallest absolute Gasteiger partial charge is 0.252 e. The van der Waals surface area contributed by atoms with E-state index in [-0.39, 0.29) is 35.1 Å². The number of amides is 1. The van der Waals surface area contributed by atoms with Crippen LogP contribution < -0.4 is 14.4 Å². The molecule has 2 aromatic carbocycles. The molecular formula is C21H22N2O5S2. The van der Waals surface area contributed by atoms with Gasteiger partial charge in [-0.25, -0.2) is 8.42 Å². The van der Waals surface area contributed by atoms with Gasteiger partial charge in [0.2, 0.25) is 0 Å². The Morgan fingerprint density at radius 1 is 1.10 bits per heavy atom. The number of anilines is 1. The molecule has 0 bridgehead atoms. The Morgan fingerprint density at radius 2 is 1.83 bits per heavy atom. The van der Waals surface area contributed by atoms with Crippen molar-refractivity contribution in [3.63, 3.8) is 0 Å². The van der Waals surface area contributed by atoms with Crippen LogP contribution in [0.1, 0.15) is 5.56 Å². The summed E-state index contributed by atoms with van der Waals surface area (Å²) in [5.74, 6) is 1.24. The molecule has 0 aliphatic carbocycles. The van der Waals surface area contributed by atoms with E-state index in [2.05, 4.69) is 4.99 Å². The third-order valence-electron chi connectivity index (χ3n) is 5.13. The maximum atomic E-state index is 12.7. The van der Waals surface area contributed by atoms with Gasteiger partial charge < -0.3 is 14.4 Å². The summed E-state index contributed by atoms with van der Waals surface area (Å²) in [7, 11) is 0.0537. The summed E-state index contributed by atoms with van der Waals surface area (Å²) < 4.78 is 34.8. The molecule has 9 heteroatoms. The molecule has 158 valence electrons. The summed E-state index contributed by atoms with van der Waals surface area (Å²) >= 11 is 1.36. The van der Waals surface area contributed by atoms with Gasteiger partial charge in [0.25, 0.3) is 5.91 Å². The highest BCUT2D eigenvalue weighted by atomic mass is 32.2. The normalized spacial score (nSPS) is 23.4. The molecule has 7 nitrogen and oxygen atoms in total. The third-order valence-corrected chi connectivity index (χ3v) is 8.34. The average Bonchev–Trinajstić information content (AvgIpc) is 3.19. The molecular weight excluding hydrogens is 424 g/mol. The van der Waals surface area contributed by atoms with Crippen LogP contribution in [0.25, 0.3) is 0 Å². The van der Waals surface area contributed by atoms with Gasteiger partial charge in [0.05, 0.1) is 38.2 Å². The first-order valence-electron chi connectivity index (χ1n) is 9.43. The highest BCUT2D eigenvalue weighted by Crippen LogP contribution is 2.41. The Morgan fingerprint density at radius 3 is 2.53 bits per heavy atom. The van der Waals surface area contributed by atoms with Crippen molar-refractivity contribution in [1.29, 1.82) is 0 Å². The lowest BCUT2D eigenvalue weighted by atomic mass is 10.1. The fourth-order valence-corrected chi connectivity index (χ4v) is 7.62. The summed E-state index contributed by atoms with van der Waals surface area (Å²) in [5, 5.41) is 0.389. The lowest BCUT2D eigenvalue weighted by Crippen LogP contribution is -2.37. The molecule has 2 aliphatic rings. The zero-order chi connectivity index (χ0) is 21.3. The van der Waals surface area contributed by atoms with Gasteiger partial charge >= 0.3 is 0 Å². The van der Waals surface area contributed by atoms with Crippen molar-refractivity contribution in [3.8, 4) is 11.5 Å². The van der Waals surface area contributed by atoms with Crippen LogP contribution in [0, 0.1) is 0 Å². The van der Waals surface area contributed by atoms with E-state index in [1.54, 1.807) is 26.4 Å². The number of aliphatic imine (C=N–C) groups is 1. The van der Waals surface area contributed by atoms with Crippen LogP contribution in [0.3, 0.4) is 0 Å². The van der Waals surface area contributed by atoms with Crippen molar-refractivity contribution in [2.75, 3.05) is 30.6 Å². The van der Waals surface area contributed by atoms with Crippen LogP contribution in [-0.2, 0) is 21.1 Å². The van der Waals surface area contributed by atoms with Crippen LogP contribution in [-0.4, -0.2) is 56.5 Å². The second kappa shape index (κ2) is 8.31. The molecule has 0 aromatic heterocycles. The SMILES string of the molecule is COc1ccc(CC(=O)N=C2SC3CS(=O)(=O)CC3N2c2cccc(OC)c2)cc1. The minimum Gasteiger partial charge on any atom is -0.497 e. The van der Waals surface area contributed by atoms with E-state index in [1.165, 1.54) is 11.8 Å². The minimum atomic E-state index is -3.11. The standard InChI is InChI=1S/C21H22N2O5S2/c1-27-16-8-6-14(7-9-16)10-20(24)22-21-23(15-4-3-5-17(11-15)28-2)18-12-30(25,26)13-19(18)29-21/h3-9,11,18-19H,10,12-13H2,1-2H3. The highest BCUT2D eigenvalue weighted by molar-refractivity contribution is 8.16. The summed E-state index contributed by atoms with van der Waals surface area (Å²) in [6.45, 7) is 0. The molecule has 2 saturated heterocycles. The summed E-state index contributed by atoms with van der Waals surface area (Å²) in [6.07, 6.45) is 0.160. The van der Waals surface area contributed by atoms with Crippen molar-refractivity contribution < 1.29 is 22.7 Å². The molecule has 2 heterocycles. The molecule has 2 unspecified atom stereocenters. The first-order valence-corrected chi connectivity index (χ1v) is 12.1. The number of sulfone groups is 1. The average molecular weight is 447 g/mol. The Kier molecular flexibility index (Phi) is 5.75. The number of hydrogen-bond acceptors (Lipinski definition) is 6. The van der Waals surface area contributed by atoms with E-state index < -0.39 is 9.84 Å². The predicted octanol–water partition coefficient (Wildman–Crippen LogP) is 2.55. The topological polar surface area (TPSA) is 85.3 Å². The first-order chi connectivity index (χ1) is 14.4. The second-order valence-electron chi connectivity index (χ2n) is 7.19. The third kappa shape index (κ3) is 4.32. The summed E-state index contributed by atoms with van der Waals surface area (Å²) in [4.78, 5) is 18.9. The second-order valence-corrected chi connectivity index (χ2v) is 10.5. The number of ether oxygens (including phenoxy) is 2. The molecule has 2 aliphatic heterocycles. The minimum absolute atomic E-state index is 0.0492. The molecule has 2 aromatic rings. The monoisotopic (exact) mass is 446 g/mol. The molecule has 4 rings (SSSR count). The fraction of sp³-hybridized carbons (Fsp3) is 0.333. The van der Waals surface area contributed by atoms with Gasteiger partial charge in [-0.15, -0.1) is 0 Å². The van der Waals surface area contributed by atoms with Gasteiger partial charge in [0.15, 0.2) is 15.0 Å².